The Morgan fingerprint density at radius 1 is 1.40 bits per heavy atom. The van der Waals surface area contributed by atoms with Gasteiger partial charge in [-0.1, -0.05) is 0 Å². The average Bonchev–Trinajstić information content (AvgIpc) is 2.17. The number of carbonyl (C=O) groups is 2. The van der Waals surface area contributed by atoms with Gasteiger partial charge in [0.05, 0.1) is 5.56 Å². The van der Waals surface area contributed by atoms with E-state index in [0.717, 1.165) is 0 Å². The molecule has 0 saturated heterocycles. The largest absolute Gasteiger partial charge is 0.465 e. The Labute approximate surface area is 86.5 Å². The van der Waals surface area contributed by atoms with Gasteiger partial charge in [0, 0.05) is 20.3 Å². The molecule has 2 amide bonds. The minimum Gasteiger partial charge on any atom is -0.465 e. The van der Waals surface area contributed by atoms with Crippen molar-refractivity contribution in [2.75, 3.05) is 19.0 Å². The highest BCUT2D eigenvalue weighted by Crippen LogP contribution is 2.07. The summed E-state index contributed by atoms with van der Waals surface area (Å²) in [5.41, 5.74) is 0.211. The summed E-state index contributed by atoms with van der Waals surface area (Å²) >= 11 is 0. The molecule has 0 aliphatic heterocycles. The predicted molar refractivity (Wildman–Crippen MR) is 54.1 cm³/mol. The number of anilines is 1. The van der Waals surface area contributed by atoms with E-state index in [-0.39, 0.29) is 5.56 Å². The molecule has 6 heteroatoms. The monoisotopic (exact) mass is 209 g/mol. The number of amides is 2. The Morgan fingerprint density at radius 3 is 2.47 bits per heavy atom. The highest BCUT2D eigenvalue weighted by atomic mass is 16.4. The lowest BCUT2D eigenvalue weighted by molar-refractivity contribution is 0.0947. The molecular formula is C9H11N3O3. The summed E-state index contributed by atoms with van der Waals surface area (Å²) in [6, 6.07) is 3.15. The normalized spacial score (nSPS) is 9.47. The van der Waals surface area contributed by atoms with Crippen LogP contribution in [0.5, 0.6) is 0 Å². The van der Waals surface area contributed by atoms with Crippen LogP contribution in [0.25, 0.3) is 0 Å². The summed E-state index contributed by atoms with van der Waals surface area (Å²) in [5, 5.41) is 10.1. The van der Waals surface area contributed by atoms with Gasteiger partial charge in [0.25, 0.3) is 5.91 Å². The first-order chi connectivity index (χ1) is 7.00. The maximum atomic E-state index is 11.2. The summed E-state index contributed by atoms with van der Waals surface area (Å²) in [4.78, 5) is 27.1. The molecule has 1 rings (SSSR count). The lowest BCUT2D eigenvalue weighted by Crippen LogP contribution is -2.28. The van der Waals surface area contributed by atoms with Gasteiger partial charge < -0.3 is 10.0 Å². The van der Waals surface area contributed by atoms with Crippen LogP contribution in [0.4, 0.5) is 10.6 Å². The maximum Gasteiger partial charge on any atom is 0.411 e. The first-order valence-electron chi connectivity index (χ1n) is 4.18. The molecule has 1 heterocycles. The van der Waals surface area contributed by atoms with E-state index in [1.54, 1.807) is 16.3 Å². The highest BCUT2D eigenvalue weighted by molar-refractivity contribution is 6.02. The van der Waals surface area contributed by atoms with E-state index in [4.69, 9.17) is 5.11 Å². The number of hydrogen-bond donors (Lipinski definition) is 2. The smallest absolute Gasteiger partial charge is 0.411 e. The molecule has 0 atom stereocenters. The molecule has 2 N–H and O–H groups in total. The van der Waals surface area contributed by atoms with E-state index in [0.29, 0.717) is 5.82 Å². The van der Waals surface area contributed by atoms with Crippen molar-refractivity contribution >= 4 is 17.8 Å². The zero-order valence-corrected chi connectivity index (χ0v) is 8.39. The van der Waals surface area contributed by atoms with Crippen LogP contribution in [-0.2, 0) is 0 Å². The quantitative estimate of drug-likeness (QED) is 0.743. The predicted octanol–water partition coefficient (Wildman–Crippen LogP) is 0.555. The van der Waals surface area contributed by atoms with Crippen LogP contribution < -0.4 is 10.2 Å². The molecule has 80 valence electrons. The molecule has 0 spiro atoms. The summed E-state index contributed by atoms with van der Waals surface area (Å²) in [6.07, 6.45) is -0.0511. The van der Waals surface area contributed by atoms with E-state index < -0.39 is 12.0 Å². The summed E-state index contributed by atoms with van der Waals surface area (Å²) in [7, 11) is 3.64. The second kappa shape index (κ2) is 4.41. The molecule has 0 saturated carbocycles. The average molecular weight is 209 g/mol. The molecule has 15 heavy (non-hydrogen) atoms. The first kappa shape index (κ1) is 11.0. The van der Waals surface area contributed by atoms with Crippen LogP contribution >= 0.6 is 0 Å². The van der Waals surface area contributed by atoms with Gasteiger partial charge in [-0.2, -0.15) is 0 Å². The van der Waals surface area contributed by atoms with Crippen molar-refractivity contribution in [2.24, 2.45) is 0 Å². The SMILES string of the molecule is CN(C)c1ccc(C(=O)NC(=O)O)cn1. The molecule has 0 aromatic carbocycles. The fraction of sp³-hybridized carbons (Fsp3) is 0.222. The molecule has 1 aromatic rings. The van der Waals surface area contributed by atoms with Crippen LogP contribution in [0.1, 0.15) is 10.4 Å². The minimum absolute atomic E-state index is 0.211. The highest BCUT2D eigenvalue weighted by Gasteiger charge is 2.09. The van der Waals surface area contributed by atoms with Crippen molar-refractivity contribution in [3.8, 4) is 0 Å². The third-order valence-corrected chi connectivity index (χ3v) is 1.69. The molecule has 0 aliphatic carbocycles. The van der Waals surface area contributed by atoms with Crippen molar-refractivity contribution in [3.05, 3.63) is 23.9 Å². The topological polar surface area (TPSA) is 82.5 Å². The zero-order chi connectivity index (χ0) is 11.4. The number of imide groups is 1. The summed E-state index contributed by atoms with van der Waals surface area (Å²) in [6.45, 7) is 0. The second-order valence-corrected chi connectivity index (χ2v) is 3.06. The molecule has 0 aliphatic rings. The summed E-state index contributed by atoms with van der Waals surface area (Å²) < 4.78 is 0. The first-order valence-corrected chi connectivity index (χ1v) is 4.18. The third kappa shape index (κ3) is 2.94. The summed E-state index contributed by atoms with van der Waals surface area (Å²) in [5.74, 6) is 0.0159. The van der Waals surface area contributed by atoms with E-state index in [1.165, 1.54) is 12.3 Å². The number of aromatic nitrogens is 1. The van der Waals surface area contributed by atoms with E-state index in [9.17, 15) is 9.59 Å². The van der Waals surface area contributed by atoms with E-state index in [1.807, 2.05) is 14.1 Å². The number of nitrogens with zero attached hydrogens (tertiary/aromatic N) is 2. The molecule has 1 aromatic heterocycles. The van der Waals surface area contributed by atoms with Crippen molar-refractivity contribution in [3.63, 3.8) is 0 Å². The van der Waals surface area contributed by atoms with Gasteiger partial charge in [-0.15, -0.1) is 0 Å². The number of nitrogens with one attached hydrogen (secondary N) is 1. The number of carbonyl (C=O) groups excluding carboxylic acids is 1. The number of hydrogen-bond acceptors (Lipinski definition) is 4. The Kier molecular flexibility index (Phi) is 3.22. The Morgan fingerprint density at radius 2 is 2.07 bits per heavy atom. The standard InChI is InChI=1S/C9H11N3O3/c1-12(2)7-4-3-6(5-10-7)8(13)11-9(14)15/h3-5H,1-2H3,(H,11,13)(H,14,15). The fourth-order valence-electron chi connectivity index (χ4n) is 0.954. The van der Waals surface area contributed by atoms with Gasteiger partial charge in [-0.25, -0.2) is 9.78 Å². The van der Waals surface area contributed by atoms with Crippen molar-refractivity contribution < 1.29 is 14.7 Å². The molecule has 0 bridgehead atoms. The second-order valence-electron chi connectivity index (χ2n) is 3.06. The minimum atomic E-state index is -1.38. The molecule has 0 radical (unpaired) electrons. The number of carboxylic acid groups (broad SMARTS) is 1. The van der Waals surface area contributed by atoms with Gasteiger partial charge in [-0.3, -0.25) is 10.1 Å². The van der Waals surface area contributed by atoms with Crippen LogP contribution in [0, 0.1) is 0 Å². The lowest BCUT2D eigenvalue weighted by Gasteiger charge is -2.10. The van der Waals surface area contributed by atoms with E-state index >= 15 is 0 Å². The molecular weight excluding hydrogens is 198 g/mol. The van der Waals surface area contributed by atoms with Crippen molar-refractivity contribution in [2.45, 2.75) is 0 Å². The maximum absolute atomic E-state index is 11.2. The number of pyridine rings is 1. The Balaban J connectivity index is 2.80. The fourth-order valence-corrected chi connectivity index (χ4v) is 0.954. The van der Waals surface area contributed by atoms with Crippen LogP contribution in [0.3, 0.4) is 0 Å². The van der Waals surface area contributed by atoms with Gasteiger partial charge in [0.15, 0.2) is 0 Å². The molecule has 0 fully saturated rings. The third-order valence-electron chi connectivity index (χ3n) is 1.69. The van der Waals surface area contributed by atoms with Gasteiger partial charge >= 0.3 is 6.09 Å². The van der Waals surface area contributed by atoms with Crippen LogP contribution in [0.2, 0.25) is 0 Å². The van der Waals surface area contributed by atoms with Crippen molar-refractivity contribution in [1.82, 2.24) is 10.3 Å². The number of rotatable bonds is 2. The Bertz CT molecular complexity index is 373. The van der Waals surface area contributed by atoms with Crippen LogP contribution in [-0.4, -0.2) is 36.2 Å². The van der Waals surface area contributed by atoms with Gasteiger partial charge in [-0.05, 0) is 12.1 Å². The molecule has 0 unspecified atom stereocenters. The van der Waals surface area contributed by atoms with E-state index in [2.05, 4.69) is 4.98 Å². The van der Waals surface area contributed by atoms with Crippen molar-refractivity contribution in [1.29, 1.82) is 0 Å². The van der Waals surface area contributed by atoms with Gasteiger partial charge in [0.1, 0.15) is 5.82 Å². The van der Waals surface area contributed by atoms with Crippen LogP contribution in [0.15, 0.2) is 18.3 Å². The zero-order valence-electron chi connectivity index (χ0n) is 8.39. The lowest BCUT2D eigenvalue weighted by atomic mass is 10.2. The molecule has 6 nitrogen and oxygen atoms in total. The van der Waals surface area contributed by atoms with Gasteiger partial charge in [0.2, 0.25) is 0 Å². The Hall–Kier alpha value is -2.11.